The summed E-state index contributed by atoms with van der Waals surface area (Å²) in [5, 5.41) is 7.82. The standard InChI is InChI=1S/C24H30FN3O4/c1-3-19-21-20(14-24(15-26-22(21)29)5-9-31-10-6-24)28(27-19)7-4-8-32-23(30)17-11-16(2)12-18(25)13-17/h11-13H,3-10,14-15H2,1-2H3,(H,26,29). The monoisotopic (exact) mass is 443 g/mol. The van der Waals surface area contributed by atoms with E-state index in [9.17, 15) is 14.0 Å². The molecule has 0 radical (unpaired) electrons. The fraction of sp³-hybridized carbons (Fsp3) is 0.542. The Balaban J connectivity index is 1.45. The lowest BCUT2D eigenvalue weighted by Crippen LogP contribution is -2.40. The maximum atomic E-state index is 13.6. The van der Waals surface area contributed by atoms with Gasteiger partial charge in [0.15, 0.2) is 0 Å². The summed E-state index contributed by atoms with van der Waals surface area (Å²) in [5.74, 6) is -1.05. The lowest BCUT2D eigenvalue weighted by atomic mass is 9.76. The Morgan fingerprint density at radius 3 is 2.81 bits per heavy atom. The third-order valence-electron chi connectivity index (χ3n) is 6.44. The molecule has 7 nitrogen and oxygen atoms in total. The molecule has 1 spiro atoms. The van der Waals surface area contributed by atoms with Crippen LogP contribution in [-0.4, -0.2) is 48.0 Å². The van der Waals surface area contributed by atoms with E-state index < -0.39 is 11.8 Å². The minimum Gasteiger partial charge on any atom is -0.462 e. The zero-order valence-corrected chi connectivity index (χ0v) is 18.7. The molecule has 0 bridgehead atoms. The first-order valence-electron chi connectivity index (χ1n) is 11.3. The lowest BCUT2D eigenvalue weighted by Gasteiger charge is -2.36. The lowest BCUT2D eigenvalue weighted by molar-refractivity contribution is 0.0152. The van der Waals surface area contributed by atoms with E-state index in [0.29, 0.717) is 50.3 Å². The van der Waals surface area contributed by atoms with E-state index >= 15 is 0 Å². The van der Waals surface area contributed by atoms with E-state index in [1.54, 1.807) is 13.0 Å². The summed E-state index contributed by atoms with van der Waals surface area (Å²) in [6, 6.07) is 4.16. The Morgan fingerprint density at radius 2 is 2.09 bits per heavy atom. The zero-order valence-electron chi connectivity index (χ0n) is 18.7. The maximum Gasteiger partial charge on any atom is 0.338 e. The molecule has 172 valence electrons. The van der Waals surface area contributed by atoms with E-state index in [4.69, 9.17) is 14.6 Å². The fourth-order valence-corrected chi connectivity index (χ4v) is 4.67. The average Bonchev–Trinajstić information content (AvgIpc) is 3.05. The van der Waals surface area contributed by atoms with E-state index in [-0.39, 0.29) is 23.5 Å². The molecule has 0 unspecified atom stereocenters. The van der Waals surface area contributed by atoms with Gasteiger partial charge < -0.3 is 14.8 Å². The molecule has 2 aromatic rings. The van der Waals surface area contributed by atoms with Crippen LogP contribution in [0.4, 0.5) is 4.39 Å². The van der Waals surface area contributed by atoms with Crippen molar-refractivity contribution in [3.63, 3.8) is 0 Å². The van der Waals surface area contributed by atoms with Crippen LogP contribution < -0.4 is 5.32 Å². The van der Waals surface area contributed by atoms with Gasteiger partial charge in [-0.25, -0.2) is 9.18 Å². The van der Waals surface area contributed by atoms with Gasteiger partial charge in [-0.05, 0) is 61.8 Å². The molecular formula is C24H30FN3O4. The molecule has 8 heteroatoms. The quantitative estimate of drug-likeness (QED) is 0.548. The topological polar surface area (TPSA) is 82.5 Å². The van der Waals surface area contributed by atoms with Gasteiger partial charge in [0.2, 0.25) is 0 Å². The third-order valence-corrected chi connectivity index (χ3v) is 6.44. The highest BCUT2D eigenvalue weighted by Crippen LogP contribution is 2.37. The van der Waals surface area contributed by atoms with Crippen LogP contribution in [0.3, 0.4) is 0 Å². The Bertz CT molecular complexity index is 991. The highest BCUT2D eigenvalue weighted by atomic mass is 19.1. The van der Waals surface area contributed by atoms with Crippen LogP contribution in [0.5, 0.6) is 0 Å². The summed E-state index contributed by atoms with van der Waals surface area (Å²) in [4.78, 5) is 25.1. The third kappa shape index (κ3) is 4.70. The SMILES string of the molecule is CCc1nn(CCCOC(=O)c2cc(C)cc(F)c2)c2c1C(=O)NCC1(CCOCC1)C2. The number of halogens is 1. The number of aromatic nitrogens is 2. The zero-order chi connectivity index (χ0) is 22.7. The van der Waals surface area contributed by atoms with Crippen molar-refractivity contribution in [1.29, 1.82) is 0 Å². The van der Waals surface area contributed by atoms with Gasteiger partial charge >= 0.3 is 5.97 Å². The number of esters is 1. The van der Waals surface area contributed by atoms with Gasteiger partial charge in [0, 0.05) is 32.7 Å². The van der Waals surface area contributed by atoms with Gasteiger partial charge in [0.1, 0.15) is 5.82 Å². The van der Waals surface area contributed by atoms with Crippen molar-refractivity contribution in [2.75, 3.05) is 26.4 Å². The van der Waals surface area contributed by atoms with Crippen molar-refractivity contribution in [1.82, 2.24) is 15.1 Å². The van der Waals surface area contributed by atoms with Crippen molar-refractivity contribution in [2.24, 2.45) is 5.41 Å². The molecule has 1 aromatic heterocycles. The highest BCUT2D eigenvalue weighted by molar-refractivity contribution is 5.97. The van der Waals surface area contributed by atoms with E-state index in [1.165, 1.54) is 12.1 Å². The number of carbonyl (C=O) groups excluding carboxylic acids is 2. The second kappa shape index (κ2) is 9.40. The van der Waals surface area contributed by atoms with Gasteiger partial charge in [-0.2, -0.15) is 5.10 Å². The van der Waals surface area contributed by atoms with Gasteiger partial charge in [-0.15, -0.1) is 0 Å². The summed E-state index contributed by atoms with van der Waals surface area (Å²) in [5.41, 5.74) is 3.33. The summed E-state index contributed by atoms with van der Waals surface area (Å²) >= 11 is 0. The highest BCUT2D eigenvalue weighted by Gasteiger charge is 2.39. The van der Waals surface area contributed by atoms with Gasteiger partial charge in [-0.1, -0.05) is 6.92 Å². The molecule has 1 saturated heterocycles. The molecule has 0 aliphatic carbocycles. The molecular weight excluding hydrogens is 413 g/mol. The van der Waals surface area contributed by atoms with Crippen LogP contribution in [0.25, 0.3) is 0 Å². The number of nitrogens with one attached hydrogen (secondary N) is 1. The minimum atomic E-state index is -0.540. The molecule has 0 saturated carbocycles. The summed E-state index contributed by atoms with van der Waals surface area (Å²) in [6.45, 7) is 6.52. The van der Waals surface area contributed by atoms with Crippen LogP contribution in [0.15, 0.2) is 18.2 Å². The fourth-order valence-electron chi connectivity index (χ4n) is 4.67. The normalized spacial score (nSPS) is 17.5. The number of rotatable bonds is 6. The Hall–Kier alpha value is -2.74. The number of benzene rings is 1. The molecule has 1 fully saturated rings. The molecule has 32 heavy (non-hydrogen) atoms. The minimum absolute atomic E-state index is 0.0103. The molecule has 1 aromatic carbocycles. The number of carbonyl (C=O) groups is 2. The largest absolute Gasteiger partial charge is 0.462 e. The van der Waals surface area contributed by atoms with Crippen LogP contribution in [0.2, 0.25) is 0 Å². The molecule has 4 rings (SSSR count). The average molecular weight is 444 g/mol. The van der Waals surface area contributed by atoms with Crippen LogP contribution in [-0.2, 0) is 28.9 Å². The van der Waals surface area contributed by atoms with E-state index in [0.717, 1.165) is 30.7 Å². The number of hydrogen-bond donors (Lipinski definition) is 1. The van der Waals surface area contributed by atoms with Gasteiger partial charge in [0.25, 0.3) is 5.91 Å². The summed E-state index contributed by atoms with van der Waals surface area (Å²) < 4.78 is 26.4. The van der Waals surface area contributed by atoms with Crippen molar-refractivity contribution in [3.8, 4) is 0 Å². The van der Waals surface area contributed by atoms with Crippen molar-refractivity contribution in [3.05, 3.63) is 52.1 Å². The second-order valence-corrected chi connectivity index (χ2v) is 8.82. The smallest absolute Gasteiger partial charge is 0.338 e. The molecule has 1 amide bonds. The van der Waals surface area contributed by atoms with E-state index in [1.807, 2.05) is 11.6 Å². The Labute approximate surface area is 187 Å². The molecule has 1 N–H and O–H groups in total. The first-order valence-corrected chi connectivity index (χ1v) is 11.3. The Kier molecular flexibility index (Phi) is 6.60. The number of fused-ring (bicyclic) bond motifs is 1. The number of ether oxygens (including phenoxy) is 2. The molecule has 0 atom stereocenters. The first kappa shape index (κ1) is 22.5. The van der Waals surface area contributed by atoms with Crippen molar-refractivity contribution < 1.29 is 23.5 Å². The summed E-state index contributed by atoms with van der Waals surface area (Å²) in [7, 11) is 0. The number of amides is 1. The predicted octanol–water partition coefficient (Wildman–Crippen LogP) is 3.22. The van der Waals surface area contributed by atoms with E-state index in [2.05, 4.69) is 5.32 Å². The number of nitrogens with zero attached hydrogens (tertiary/aromatic N) is 2. The van der Waals surface area contributed by atoms with Crippen LogP contribution in [0.1, 0.15) is 63.9 Å². The van der Waals surface area contributed by atoms with Crippen molar-refractivity contribution >= 4 is 11.9 Å². The molecule has 3 heterocycles. The van der Waals surface area contributed by atoms with Crippen LogP contribution >= 0.6 is 0 Å². The maximum absolute atomic E-state index is 13.6. The summed E-state index contributed by atoms with van der Waals surface area (Å²) in [6.07, 6.45) is 3.82. The first-order chi connectivity index (χ1) is 15.4. The van der Waals surface area contributed by atoms with Gasteiger partial charge in [0.05, 0.1) is 29.1 Å². The van der Waals surface area contributed by atoms with Gasteiger partial charge in [-0.3, -0.25) is 9.48 Å². The molecule has 2 aliphatic rings. The predicted molar refractivity (Wildman–Crippen MR) is 116 cm³/mol. The number of hydrogen-bond acceptors (Lipinski definition) is 5. The number of aryl methyl sites for hydroxylation is 3. The van der Waals surface area contributed by atoms with Crippen molar-refractivity contribution in [2.45, 2.75) is 52.5 Å². The van der Waals surface area contributed by atoms with Crippen LogP contribution in [0, 0.1) is 18.2 Å². The Morgan fingerprint density at radius 1 is 1.31 bits per heavy atom. The second-order valence-electron chi connectivity index (χ2n) is 8.82. The molecule has 2 aliphatic heterocycles.